The van der Waals surface area contributed by atoms with Crippen LogP contribution in [0.3, 0.4) is 0 Å². The van der Waals surface area contributed by atoms with Gasteiger partial charge in [0.25, 0.3) is 0 Å². The lowest BCUT2D eigenvalue weighted by Gasteiger charge is -2.33. The maximum absolute atomic E-state index is 10.7. The summed E-state index contributed by atoms with van der Waals surface area (Å²) in [6.45, 7) is 7.70. The number of hydrogen-bond acceptors (Lipinski definition) is 2. The largest absolute Gasteiger partial charge is 0.390 e. The first-order valence-corrected chi connectivity index (χ1v) is 8.21. The summed E-state index contributed by atoms with van der Waals surface area (Å²) in [6.07, 6.45) is 1.41. The molecule has 124 valence electrons. The van der Waals surface area contributed by atoms with Gasteiger partial charge in [-0.25, -0.2) is 0 Å². The minimum absolute atomic E-state index is 0.335. The number of aryl methyl sites for hydroxylation is 2. The highest BCUT2D eigenvalue weighted by Crippen LogP contribution is 2.27. The number of aliphatic hydroxyl groups is 2. The van der Waals surface area contributed by atoms with Crippen molar-refractivity contribution in [2.24, 2.45) is 0 Å². The highest BCUT2D eigenvalue weighted by Gasteiger charge is 2.32. The van der Waals surface area contributed by atoms with Crippen LogP contribution in [0.4, 0.5) is 0 Å². The normalized spacial score (nSPS) is 16.6. The van der Waals surface area contributed by atoms with Crippen LogP contribution in [-0.4, -0.2) is 21.4 Å². The van der Waals surface area contributed by atoms with E-state index >= 15 is 0 Å². The van der Waals surface area contributed by atoms with Crippen LogP contribution in [0.5, 0.6) is 0 Å². The van der Waals surface area contributed by atoms with E-state index in [0.29, 0.717) is 19.3 Å². The molecular formula is C21H28O2. The summed E-state index contributed by atoms with van der Waals surface area (Å²) >= 11 is 0. The van der Waals surface area contributed by atoms with E-state index in [4.69, 9.17) is 0 Å². The molecule has 0 saturated heterocycles. The van der Waals surface area contributed by atoms with E-state index in [1.54, 1.807) is 13.8 Å². The van der Waals surface area contributed by atoms with Gasteiger partial charge in [0, 0.05) is 19.3 Å². The van der Waals surface area contributed by atoms with Gasteiger partial charge in [-0.2, -0.15) is 0 Å². The molecule has 0 heterocycles. The third-order valence-electron chi connectivity index (χ3n) is 4.17. The molecule has 2 aromatic rings. The van der Waals surface area contributed by atoms with E-state index in [2.05, 4.69) is 24.3 Å². The number of benzene rings is 2. The Kier molecular flexibility index (Phi) is 5.28. The van der Waals surface area contributed by atoms with Crippen molar-refractivity contribution in [2.45, 2.75) is 58.2 Å². The summed E-state index contributed by atoms with van der Waals surface area (Å²) in [5.74, 6) is 0. The van der Waals surface area contributed by atoms with Crippen molar-refractivity contribution < 1.29 is 10.2 Å². The van der Waals surface area contributed by atoms with Gasteiger partial charge in [-0.3, -0.25) is 0 Å². The average molecular weight is 312 g/mol. The van der Waals surface area contributed by atoms with Crippen molar-refractivity contribution in [3.05, 3.63) is 70.8 Å². The third-order valence-corrected chi connectivity index (χ3v) is 4.17. The smallest absolute Gasteiger partial charge is 0.0687 e. The zero-order valence-corrected chi connectivity index (χ0v) is 14.6. The molecule has 0 bridgehead atoms. The standard InChI is InChI=1S/C21H28O2/c1-16-5-9-18(10-6-16)13-20(3,22)15-21(4,23)14-19-11-7-17(2)8-12-19/h5-12,22-23H,13-15H2,1-4H3/t20-,21-/m0/s1. The van der Waals surface area contributed by atoms with Crippen LogP contribution in [-0.2, 0) is 12.8 Å². The van der Waals surface area contributed by atoms with Gasteiger partial charge in [0.15, 0.2) is 0 Å². The summed E-state index contributed by atoms with van der Waals surface area (Å²) in [5.41, 5.74) is 2.71. The molecule has 0 amide bonds. The lowest BCUT2D eigenvalue weighted by molar-refractivity contribution is -0.0444. The first kappa shape index (κ1) is 17.7. The molecule has 0 unspecified atom stereocenters. The minimum Gasteiger partial charge on any atom is -0.390 e. The van der Waals surface area contributed by atoms with Crippen molar-refractivity contribution in [1.29, 1.82) is 0 Å². The van der Waals surface area contributed by atoms with Crippen LogP contribution in [0.25, 0.3) is 0 Å². The molecule has 2 heteroatoms. The third kappa shape index (κ3) is 5.81. The fourth-order valence-electron chi connectivity index (χ4n) is 3.24. The molecule has 0 aliphatic rings. The predicted octanol–water partition coefficient (Wildman–Crippen LogP) is 3.98. The molecule has 0 aliphatic carbocycles. The van der Waals surface area contributed by atoms with Gasteiger partial charge < -0.3 is 10.2 Å². The second-order valence-electron chi connectivity index (χ2n) is 7.50. The summed E-state index contributed by atoms with van der Waals surface area (Å²) in [5, 5.41) is 21.5. The molecule has 0 spiro atoms. The quantitative estimate of drug-likeness (QED) is 0.847. The second-order valence-corrected chi connectivity index (χ2v) is 7.50. The molecule has 0 aromatic heterocycles. The maximum atomic E-state index is 10.7. The fourth-order valence-corrected chi connectivity index (χ4v) is 3.24. The van der Waals surface area contributed by atoms with Crippen LogP contribution in [0.1, 0.15) is 42.5 Å². The van der Waals surface area contributed by atoms with E-state index in [0.717, 1.165) is 11.1 Å². The second kappa shape index (κ2) is 6.86. The van der Waals surface area contributed by atoms with E-state index in [-0.39, 0.29) is 0 Å². The van der Waals surface area contributed by atoms with Crippen LogP contribution in [0.2, 0.25) is 0 Å². The van der Waals surface area contributed by atoms with E-state index < -0.39 is 11.2 Å². The summed E-state index contributed by atoms with van der Waals surface area (Å²) in [4.78, 5) is 0. The van der Waals surface area contributed by atoms with E-state index in [1.165, 1.54) is 11.1 Å². The zero-order valence-electron chi connectivity index (χ0n) is 14.6. The van der Waals surface area contributed by atoms with Crippen molar-refractivity contribution in [3.8, 4) is 0 Å². The van der Waals surface area contributed by atoms with Crippen LogP contribution in [0.15, 0.2) is 48.5 Å². The predicted molar refractivity (Wildman–Crippen MR) is 95.6 cm³/mol. The number of rotatable bonds is 6. The molecule has 0 aliphatic heterocycles. The van der Waals surface area contributed by atoms with Gasteiger partial charge in [-0.15, -0.1) is 0 Å². The highest BCUT2D eigenvalue weighted by atomic mass is 16.3. The molecule has 0 fully saturated rings. The van der Waals surface area contributed by atoms with Crippen LogP contribution >= 0.6 is 0 Å². The Morgan fingerprint density at radius 1 is 0.652 bits per heavy atom. The Morgan fingerprint density at radius 2 is 0.957 bits per heavy atom. The van der Waals surface area contributed by atoms with Crippen molar-refractivity contribution in [3.63, 3.8) is 0 Å². The first-order chi connectivity index (χ1) is 10.7. The minimum atomic E-state index is -0.941. The molecule has 0 radical (unpaired) electrons. The topological polar surface area (TPSA) is 40.5 Å². The molecule has 2 rings (SSSR count). The molecule has 0 saturated carbocycles. The molecule has 2 atom stereocenters. The monoisotopic (exact) mass is 312 g/mol. The SMILES string of the molecule is Cc1ccc(C[C@](C)(O)C[C@@](C)(O)Cc2ccc(C)cc2)cc1. The zero-order chi connectivity index (χ0) is 17.1. The van der Waals surface area contributed by atoms with Crippen molar-refractivity contribution in [2.75, 3.05) is 0 Å². The molecule has 2 nitrogen and oxygen atoms in total. The molecule has 23 heavy (non-hydrogen) atoms. The highest BCUT2D eigenvalue weighted by molar-refractivity contribution is 5.24. The maximum Gasteiger partial charge on any atom is 0.0687 e. The summed E-state index contributed by atoms with van der Waals surface area (Å²) in [7, 11) is 0. The summed E-state index contributed by atoms with van der Waals surface area (Å²) < 4.78 is 0. The Balaban J connectivity index is 2.02. The molecular weight excluding hydrogens is 284 g/mol. The summed E-state index contributed by atoms with van der Waals surface area (Å²) in [6, 6.07) is 16.4. The Labute approximate surface area is 139 Å². The number of hydrogen-bond donors (Lipinski definition) is 2. The Morgan fingerprint density at radius 3 is 1.26 bits per heavy atom. The lowest BCUT2D eigenvalue weighted by Crippen LogP contribution is -2.40. The Bertz CT molecular complexity index is 564. The van der Waals surface area contributed by atoms with Gasteiger partial charge in [-0.05, 0) is 38.8 Å². The van der Waals surface area contributed by atoms with Gasteiger partial charge in [0.2, 0.25) is 0 Å². The molecule has 2 aromatic carbocycles. The average Bonchev–Trinajstić information content (AvgIpc) is 2.42. The van der Waals surface area contributed by atoms with Gasteiger partial charge >= 0.3 is 0 Å². The fraction of sp³-hybridized carbons (Fsp3) is 0.429. The van der Waals surface area contributed by atoms with Crippen LogP contribution < -0.4 is 0 Å². The van der Waals surface area contributed by atoms with Gasteiger partial charge in [0.1, 0.15) is 0 Å². The van der Waals surface area contributed by atoms with Crippen LogP contribution in [0, 0.1) is 13.8 Å². The van der Waals surface area contributed by atoms with Gasteiger partial charge in [-0.1, -0.05) is 59.7 Å². The van der Waals surface area contributed by atoms with Crippen molar-refractivity contribution >= 4 is 0 Å². The Hall–Kier alpha value is -1.64. The van der Waals surface area contributed by atoms with Gasteiger partial charge in [0.05, 0.1) is 11.2 Å². The van der Waals surface area contributed by atoms with E-state index in [9.17, 15) is 10.2 Å². The van der Waals surface area contributed by atoms with E-state index in [1.807, 2.05) is 38.1 Å². The lowest BCUT2D eigenvalue weighted by atomic mass is 9.82. The molecule has 2 N–H and O–H groups in total. The van der Waals surface area contributed by atoms with Crippen molar-refractivity contribution in [1.82, 2.24) is 0 Å². The first-order valence-electron chi connectivity index (χ1n) is 8.21.